The van der Waals surface area contributed by atoms with E-state index in [1.54, 1.807) is 18.2 Å². The van der Waals surface area contributed by atoms with Crippen LogP contribution in [-0.4, -0.2) is 19.9 Å². The number of sulfonamides is 1. The van der Waals surface area contributed by atoms with Crippen LogP contribution in [-0.2, 0) is 16.6 Å². The van der Waals surface area contributed by atoms with Gasteiger partial charge in [0.2, 0.25) is 16.8 Å². The van der Waals surface area contributed by atoms with E-state index in [0.29, 0.717) is 11.5 Å². The number of halogens is 1. The zero-order valence-electron chi connectivity index (χ0n) is 8.27. The predicted molar refractivity (Wildman–Crippen MR) is 62.1 cm³/mol. The number of para-hydroxylation sites is 1. The second-order valence-corrected chi connectivity index (χ2v) is 6.31. The molecule has 0 atom stereocenters. The van der Waals surface area contributed by atoms with Crippen LogP contribution < -0.4 is 14.2 Å². The van der Waals surface area contributed by atoms with Gasteiger partial charge in [-0.15, -0.1) is 0 Å². The lowest BCUT2D eigenvalue weighted by Gasteiger charge is -2.06. The van der Waals surface area contributed by atoms with Crippen LogP contribution in [0.25, 0.3) is 0 Å². The van der Waals surface area contributed by atoms with E-state index in [9.17, 15) is 8.42 Å². The number of alkyl halides is 1. The third-order valence-corrected chi connectivity index (χ3v) is 4.78. The van der Waals surface area contributed by atoms with Crippen molar-refractivity contribution in [1.29, 1.82) is 0 Å². The molecule has 0 saturated heterocycles. The van der Waals surface area contributed by atoms with Crippen LogP contribution in [0, 0.1) is 0 Å². The summed E-state index contributed by atoms with van der Waals surface area (Å²) in [6.45, 7) is 0.373. The molecule has 5 nitrogen and oxygen atoms in total. The number of benzene rings is 1. The van der Waals surface area contributed by atoms with E-state index in [1.807, 2.05) is 0 Å². The highest BCUT2D eigenvalue weighted by atomic mass is 79.9. The molecule has 0 fully saturated rings. The van der Waals surface area contributed by atoms with Crippen molar-refractivity contribution in [3.63, 3.8) is 0 Å². The lowest BCUT2D eigenvalue weighted by Crippen LogP contribution is -2.23. The van der Waals surface area contributed by atoms with Crippen LogP contribution in [0.5, 0.6) is 11.5 Å². The van der Waals surface area contributed by atoms with Crippen molar-refractivity contribution in [2.45, 2.75) is 6.54 Å². The second kappa shape index (κ2) is 4.60. The zero-order chi connectivity index (χ0) is 11.6. The van der Waals surface area contributed by atoms with Crippen LogP contribution in [0.15, 0.2) is 18.2 Å². The summed E-state index contributed by atoms with van der Waals surface area (Å²) in [4.78, 5) is 0. The van der Waals surface area contributed by atoms with E-state index < -0.39 is 10.0 Å². The molecule has 0 bridgehead atoms. The average molecular weight is 308 g/mol. The van der Waals surface area contributed by atoms with Gasteiger partial charge in [-0.05, 0) is 6.07 Å². The van der Waals surface area contributed by atoms with E-state index in [0.717, 1.165) is 5.56 Å². The fraction of sp³-hybridized carbons (Fsp3) is 0.333. The van der Waals surface area contributed by atoms with E-state index >= 15 is 0 Å². The minimum atomic E-state index is -3.26. The Labute approximate surface area is 102 Å². The van der Waals surface area contributed by atoms with Crippen LogP contribution >= 0.6 is 15.9 Å². The van der Waals surface area contributed by atoms with Crippen molar-refractivity contribution in [3.8, 4) is 11.5 Å². The summed E-state index contributed by atoms with van der Waals surface area (Å²) in [5.41, 5.74) is 0.763. The number of rotatable bonds is 4. The molecule has 0 aromatic heterocycles. The van der Waals surface area contributed by atoms with Crippen molar-refractivity contribution in [3.05, 3.63) is 23.8 Å². The summed E-state index contributed by atoms with van der Waals surface area (Å²) in [5, 5.41) is 0. The van der Waals surface area contributed by atoms with Gasteiger partial charge in [0.05, 0.1) is 0 Å². The number of hydrogen-bond acceptors (Lipinski definition) is 4. The lowest BCUT2D eigenvalue weighted by molar-refractivity contribution is 0.173. The Balaban J connectivity index is 2.14. The van der Waals surface area contributed by atoms with Gasteiger partial charge in [-0.25, -0.2) is 13.1 Å². The van der Waals surface area contributed by atoms with Crippen molar-refractivity contribution in [2.75, 3.05) is 11.5 Å². The standard InChI is InChI=1S/C9H10BrNO4S/c10-5-16(12,13)11-4-7-2-1-3-8-9(7)15-6-14-8/h1-3,11H,4-6H2. The number of hydrogen-bond donors (Lipinski definition) is 1. The molecule has 0 saturated carbocycles. The minimum Gasteiger partial charge on any atom is -0.454 e. The van der Waals surface area contributed by atoms with Crippen LogP contribution in [0.4, 0.5) is 0 Å². The zero-order valence-corrected chi connectivity index (χ0v) is 10.7. The molecule has 88 valence electrons. The molecule has 1 aromatic carbocycles. The van der Waals surface area contributed by atoms with Crippen LogP contribution in [0.3, 0.4) is 0 Å². The third kappa shape index (κ3) is 2.47. The molecule has 0 unspecified atom stereocenters. The molecule has 1 aliphatic heterocycles. The molecule has 16 heavy (non-hydrogen) atoms. The van der Waals surface area contributed by atoms with Gasteiger partial charge in [-0.2, -0.15) is 0 Å². The number of ether oxygens (including phenoxy) is 2. The average Bonchev–Trinajstić information content (AvgIpc) is 2.75. The number of nitrogens with one attached hydrogen (secondary N) is 1. The van der Waals surface area contributed by atoms with Gasteiger partial charge >= 0.3 is 0 Å². The Kier molecular flexibility index (Phi) is 3.36. The minimum absolute atomic E-state index is 0.119. The molecule has 7 heteroatoms. The van der Waals surface area contributed by atoms with Gasteiger partial charge < -0.3 is 9.47 Å². The first-order valence-electron chi connectivity index (χ1n) is 4.53. The smallest absolute Gasteiger partial charge is 0.231 e. The molecular weight excluding hydrogens is 298 g/mol. The van der Waals surface area contributed by atoms with Gasteiger partial charge in [0.1, 0.15) is 4.66 Å². The maximum Gasteiger partial charge on any atom is 0.231 e. The van der Waals surface area contributed by atoms with Gasteiger partial charge in [0.25, 0.3) is 0 Å². The fourth-order valence-electron chi connectivity index (χ4n) is 1.36. The first kappa shape index (κ1) is 11.7. The molecule has 1 aromatic rings. The Bertz CT molecular complexity index is 488. The maximum atomic E-state index is 11.2. The summed E-state index contributed by atoms with van der Waals surface area (Å²) >= 11 is 2.90. The summed E-state index contributed by atoms with van der Waals surface area (Å²) in [6.07, 6.45) is 0. The highest BCUT2D eigenvalue weighted by Crippen LogP contribution is 2.35. The summed E-state index contributed by atoms with van der Waals surface area (Å²) in [5.74, 6) is 1.26. The molecule has 2 rings (SSSR count). The quantitative estimate of drug-likeness (QED) is 0.849. The van der Waals surface area contributed by atoms with E-state index in [2.05, 4.69) is 20.7 Å². The first-order chi connectivity index (χ1) is 7.62. The second-order valence-electron chi connectivity index (χ2n) is 3.20. The van der Waals surface area contributed by atoms with E-state index in [4.69, 9.17) is 9.47 Å². The monoisotopic (exact) mass is 307 g/mol. The molecule has 1 heterocycles. The summed E-state index contributed by atoms with van der Waals surface area (Å²) < 4.78 is 35.3. The molecule has 1 N–H and O–H groups in total. The van der Waals surface area contributed by atoms with Crippen LogP contribution in [0.1, 0.15) is 5.56 Å². The van der Waals surface area contributed by atoms with Gasteiger partial charge in [0.15, 0.2) is 11.5 Å². The fourth-order valence-corrected chi connectivity index (χ4v) is 2.29. The largest absolute Gasteiger partial charge is 0.454 e. The van der Waals surface area contributed by atoms with Crippen LogP contribution in [0.2, 0.25) is 0 Å². The summed E-state index contributed by atoms with van der Waals surface area (Å²) in [7, 11) is -3.26. The highest BCUT2D eigenvalue weighted by molar-refractivity contribution is 9.10. The molecule has 1 aliphatic rings. The first-order valence-corrected chi connectivity index (χ1v) is 7.30. The number of fused-ring (bicyclic) bond motifs is 1. The van der Waals surface area contributed by atoms with Crippen molar-refractivity contribution in [1.82, 2.24) is 4.72 Å². The van der Waals surface area contributed by atoms with Crippen molar-refractivity contribution < 1.29 is 17.9 Å². The predicted octanol–water partition coefficient (Wildman–Crippen LogP) is 1.19. The highest BCUT2D eigenvalue weighted by Gasteiger charge is 2.18. The Morgan fingerprint density at radius 3 is 2.94 bits per heavy atom. The van der Waals surface area contributed by atoms with Gasteiger partial charge in [-0.3, -0.25) is 0 Å². The van der Waals surface area contributed by atoms with E-state index in [1.165, 1.54) is 0 Å². The topological polar surface area (TPSA) is 64.6 Å². The normalized spacial score (nSPS) is 14.1. The molecule has 0 amide bonds. The molecule has 0 spiro atoms. The Morgan fingerprint density at radius 1 is 1.38 bits per heavy atom. The van der Waals surface area contributed by atoms with E-state index in [-0.39, 0.29) is 18.0 Å². The van der Waals surface area contributed by atoms with Crippen molar-refractivity contribution >= 4 is 26.0 Å². The molecule has 0 radical (unpaired) electrons. The molecular formula is C9H10BrNO4S. The van der Waals surface area contributed by atoms with Gasteiger partial charge in [0, 0.05) is 12.1 Å². The third-order valence-electron chi connectivity index (χ3n) is 2.10. The van der Waals surface area contributed by atoms with Gasteiger partial charge in [-0.1, -0.05) is 28.1 Å². The van der Waals surface area contributed by atoms with Crippen molar-refractivity contribution in [2.24, 2.45) is 0 Å². The Hall–Kier alpha value is -0.790. The lowest BCUT2D eigenvalue weighted by atomic mass is 10.2. The Morgan fingerprint density at radius 2 is 2.19 bits per heavy atom. The molecule has 0 aliphatic carbocycles. The SMILES string of the molecule is O=S(=O)(CBr)NCc1cccc2c1OCO2. The summed E-state index contributed by atoms with van der Waals surface area (Å²) in [6, 6.07) is 5.38. The maximum absolute atomic E-state index is 11.2.